The molecule has 0 heterocycles. The van der Waals surface area contributed by atoms with Crippen LogP contribution in [0.1, 0.15) is 53.9 Å². The molecular formula is C14H16BrClO. The number of ketones is 1. The molecule has 1 nitrogen and oxygen atoms in total. The summed E-state index contributed by atoms with van der Waals surface area (Å²) in [5, 5.41) is 1.11. The number of hydrogen-bond acceptors (Lipinski definition) is 1. The zero-order chi connectivity index (χ0) is 12.3. The maximum absolute atomic E-state index is 11.5. The van der Waals surface area contributed by atoms with Crippen molar-refractivity contribution in [3.05, 3.63) is 34.3 Å². The average molecular weight is 316 g/mol. The first-order valence-corrected chi connectivity index (χ1v) is 7.61. The van der Waals surface area contributed by atoms with E-state index in [9.17, 15) is 4.79 Å². The molecule has 0 amide bonds. The van der Waals surface area contributed by atoms with Gasteiger partial charge in [-0.25, -0.2) is 0 Å². The molecule has 17 heavy (non-hydrogen) atoms. The third kappa shape index (κ3) is 3.11. The minimum absolute atomic E-state index is 0.0853. The van der Waals surface area contributed by atoms with Gasteiger partial charge in [-0.3, -0.25) is 4.79 Å². The third-order valence-electron chi connectivity index (χ3n) is 3.49. The van der Waals surface area contributed by atoms with Crippen molar-refractivity contribution in [2.45, 2.75) is 38.0 Å². The Morgan fingerprint density at radius 2 is 2.00 bits per heavy atom. The van der Waals surface area contributed by atoms with E-state index in [4.69, 9.17) is 11.6 Å². The Balaban J connectivity index is 2.21. The molecule has 0 spiro atoms. The topological polar surface area (TPSA) is 17.1 Å². The first kappa shape index (κ1) is 13.1. The summed E-state index contributed by atoms with van der Waals surface area (Å²) in [6.45, 7) is 0. The van der Waals surface area contributed by atoms with Gasteiger partial charge in [0.05, 0.1) is 5.33 Å². The van der Waals surface area contributed by atoms with E-state index < -0.39 is 0 Å². The minimum Gasteiger partial charge on any atom is -0.293 e. The van der Waals surface area contributed by atoms with E-state index in [1.54, 1.807) is 0 Å². The molecule has 0 N–H and O–H groups in total. The molecule has 1 fully saturated rings. The highest BCUT2D eigenvalue weighted by Gasteiger charge is 2.18. The van der Waals surface area contributed by atoms with Gasteiger partial charge >= 0.3 is 0 Å². The summed E-state index contributed by atoms with van der Waals surface area (Å²) in [4.78, 5) is 11.5. The summed E-state index contributed by atoms with van der Waals surface area (Å²) in [5.74, 6) is 0.673. The molecule has 1 saturated carbocycles. The van der Waals surface area contributed by atoms with Crippen LogP contribution in [0, 0.1) is 0 Å². The molecule has 0 saturated heterocycles. The molecule has 0 aliphatic heterocycles. The molecule has 1 aromatic carbocycles. The lowest BCUT2D eigenvalue weighted by Gasteiger charge is -2.23. The van der Waals surface area contributed by atoms with Gasteiger partial charge in [-0.15, -0.1) is 0 Å². The van der Waals surface area contributed by atoms with Crippen LogP contribution in [0.3, 0.4) is 0 Å². The lowest BCUT2D eigenvalue weighted by atomic mass is 9.84. The SMILES string of the molecule is O=C(CBr)c1ccc(C2CCCCC2)c(Cl)c1. The van der Waals surface area contributed by atoms with Crippen LogP contribution in [0.25, 0.3) is 0 Å². The highest BCUT2D eigenvalue weighted by atomic mass is 79.9. The summed E-state index contributed by atoms with van der Waals surface area (Å²) in [7, 11) is 0. The van der Waals surface area contributed by atoms with Crippen molar-refractivity contribution in [1.29, 1.82) is 0 Å². The highest BCUT2D eigenvalue weighted by molar-refractivity contribution is 9.09. The lowest BCUT2D eigenvalue weighted by molar-refractivity contribution is 0.102. The second-order valence-corrected chi connectivity index (χ2v) is 5.60. The number of benzene rings is 1. The van der Waals surface area contributed by atoms with Crippen LogP contribution in [0.15, 0.2) is 18.2 Å². The van der Waals surface area contributed by atoms with Crippen molar-refractivity contribution < 1.29 is 4.79 Å². The Bertz CT molecular complexity index is 411. The van der Waals surface area contributed by atoms with Gasteiger partial charge < -0.3 is 0 Å². The summed E-state index contributed by atoms with van der Waals surface area (Å²) < 4.78 is 0. The highest BCUT2D eigenvalue weighted by Crippen LogP contribution is 2.36. The van der Waals surface area contributed by atoms with Crippen LogP contribution in [0.2, 0.25) is 5.02 Å². The molecule has 0 atom stereocenters. The fraction of sp³-hybridized carbons (Fsp3) is 0.500. The smallest absolute Gasteiger partial charge is 0.173 e. The van der Waals surface area contributed by atoms with Crippen LogP contribution >= 0.6 is 27.5 Å². The minimum atomic E-state index is 0.0853. The van der Waals surface area contributed by atoms with E-state index in [0.29, 0.717) is 16.8 Å². The molecule has 0 radical (unpaired) electrons. The predicted octanol–water partition coefficient (Wildman–Crippen LogP) is 4.97. The Hall–Kier alpha value is -0.340. The van der Waals surface area contributed by atoms with Crippen molar-refractivity contribution in [3.8, 4) is 0 Å². The second kappa shape index (κ2) is 6.01. The number of carbonyl (C=O) groups excluding carboxylic acids is 1. The predicted molar refractivity (Wildman–Crippen MR) is 75.4 cm³/mol. The number of hydrogen-bond donors (Lipinski definition) is 0. The van der Waals surface area contributed by atoms with Crippen LogP contribution in [-0.2, 0) is 0 Å². The standard InChI is InChI=1S/C14H16BrClO/c15-9-14(17)11-6-7-12(13(16)8-11)10-4-2-1-3-5-10/h6-8,10H,1-5,9H2. The van der Waals surface area contributed by atoms with E-state index in [1.807, 2.05) is 18.2 Å². The Morgan fingerprint density at radius 1 is 1.29 bits per heavy atom. The zero-order valence-electron chi connectivity index (χ0n) is 9.72. The summed E-state index contributed by atoms with van der Waals surface area (Å²) in [5.41, 5.74) is 1.92. The third-order valence-corrected chi connectivity index (χ3v) is 4.33. The van der Waals surface area contributed by atoms with Gasteiger partial charge in [0.25, 0.3) is 0 Å². The van der Waals surface area contributed by atoms with E-state index in [0.717, 1.165) is 5.02 Å². The van der Waals surface area contributed by atoms with Gasteiger partial charge in [0.1, 0.15) is 0 Å². The maximum atomic E-state index is 11.5. The molecule has 2 rings (SSSR count). The molecule has 0 bridgehead atoms. The molecule has 1 aromatic rings. The zero-order valence-corrected chi connectivity index (χ0v) is 12.1. The molecular weight excluding hydrogens is 300 g/mol. The van der Waals surface area contributed by atoms with Gasteiger partial charge in [-0.1, -0.05) is 58.9 Å². The van der Waals surface area contributed by atoms with Gasteiger partial charge in [0.15, 0.2) is 5.78 Å². The summed E-state index contributed by atoms with van der Waals surface area (Å²) >= 11 is 9.47. The fourth-order valence-electron chi connectivity index (χ4n) is 2.52. The van der Waals surface area contributed by atoms with Crippen LogP contribution in [0.5, 0.6) is 0 Å². The molecule has 3 heteroatoms. The Kier molecular flexibility index (Phi) is 4.63. The number of Topliss-reactive ketones (excluding diaryl/α,β-unsaturated/α-hetero) is 1. The largest absolute Gasteiger partial charge is 0.293 e. The van der Waals surface area contributed by atoms with Gasteiger partial charge in [-0.05, 0) is 30.4 Å². The Morgan fingerprint density at radius 3 is 2.59 bits per heavy atom. The van der Waals surface area contributed by atoms with Gasteiger partial charge in [0, 0.05) is 10.6 Å². The van der Waals surface area contributed by atoms with E-state index in [1.165, 1.54) is 37.7 Å². The van der Waals surface area contributed by atoms with Crippen LogP contribution in [0.4, 0.5) is 0 Å². The summed E-state index contributed by atoms with van der Waals surface area (Å²) in [6.07, 6.45) is 6.39. The maximum Gasteiger partial charge on any atom is 0.173 e. The molecule has 1 aliphatic carbocycles. The van der Waals surface area contributed by atoms with Crippen molar-refractivity contribution in [1.82, 2.24) is 0 Å². The quantitative estimate of drug-likeness (QED) is 0.569. The number of halogens is 2. The van der Waals surface area contributed by atoms with Crippen LogP contribution < -0.4 is 0 Å². The Labute approximate surface area is 116 Å². The fourth-order valence-corrected chi connectivity index (χ4v) is 3.18. The number of carbonyl (C=O) groups is 1. The normalized spacial score (nSPS) is 17.1. The number of rotatable bonds is 3. The first-order chi connectivity index (χ1) is 8.22. The van der Waals surface area contributed by atoms with Crippen molar-refractivity contribution >= 4 is 33.3 Å². The lowest BCUT2D eigenvalue weighted by Crippen LogP contribution is -2.06. The second-order valence-electron chi connectivity index (χ2n) is 4.63. The molecule has 92 valence electrons. The van der Waals surface area contributed by atoms with Gasteiger partial charge in [0.2, 0.25) is 0 Å². The average Bonchev–Trinajstić information content (AvgIpc) is 2.38. The van der Waals surface area contributed by atoms with E-state index in [-0.39, 0.29) is 5.78 Å². The monoisotopic (exact) mass is 314 g/mol. The summed E-state index contributed by atoms with van der Waals surface area (Å²) in [6, 6.07) is 5.75. The molecule has 1 aliphatic rings. The van der Waals surface area contributed by atoms with Crippen LogP contribution in [-0.4, -0.2) is 11.1 Å². The first-order valence-electron chi connectivity index (χ1n) is 6.11. The van der Waals surface area contributed by atoms with E-state index in [2.05, 4.69) is 15.9 Å². The van der Waals surface area contributed by atoms with Crippen molar-refractivity contribution in [2.24, 2.45) is 0 Å². The van der Waals surface area contributed by atoms with E-state index >= 15 is 0 Å². The molecule has 0 aromatic heterocycles. The number of alkyl halides is 1. The van der Waals surface area contributed by atoms with Crippen molar-refractivity contribution in [3.63, 3.8) is 0 Å². The van der Waals surface area contributed by atoms with Gasteiger partial charge in [-0.2, -0.15) is 0 Å². The molecule has 0 unspecified atom stereocenters. The van der Waals surface area contributed by atoms with Crippen molar-refractivity contribution in [2.75, 3.05) is 5.33 Å².